The lowest BCUT2D eigenvalue weighted by molar-refractivity contribution is -0.384. The third-order valence-electron chi connectivity index (χ3n) is 6.16. The lowest BCUT2D eigenvalue weighted by Crippen LogP contribution is -2.40. The SMILES string of the molecule is CCCCCCCc1ccc(NC(=O)CCN(C(=O)c2ccc(Cl)c([N+](=O)[O-])c2)C(C)CC)cc1. The molecule has 2 rings (SSSR count). The number of unbranched alkanes of at least 4 members (excludes halogenated alkanes) is 4. The Morgan fingerprint density at radius 2 is 1.74 bits per heavy atom. The molecule has 0 spiro atoms. The van der Waals surface area contributed by atoms with Gasteiger partial charge in [0.25, 0.3) is 11.6 Å². The fraction of sp³-hybridized carbons (Fsp3) is 0.481. The maximum absolute atomic E-state index is 13.1. The Hall–Kier alpha value is -2.93. The molecule has 0 heterocycles. The van der Waals surface area contributed by atoms with E-state index in [1.807, 2.05) is 38.1 Å². The topological polar surface area (TPSA) is 92.6 Å². The summed E-state index contributed by atoms with van der Waals surface area (Å²) in [5.74, 6) is -0.560. The van der Waals surface area contributed by atoms with Crippen LogP contribution in [0.1, 0.15) is 81.6 Å². The Labute approximate surface area is 213 Å². The average Bonchev–Trinajstić information content (AvgIpc) is 2.84. The van der Waals surface area contributed by atoms with Crippen LogP contribution < -0.4 is 5.32 Å². The van der Waals surface area contributed by atoms with E-state index in [0.717, 1.165) is 12.1 Å². The lowest BCUT2D eigenvalue weighted by Gasteiger charge is -2.28. The van der Waals surface area contributed by atoms with Gasteiger partial charge in [0.05, 0.1) is 4.92 Å². The van der Waals surface area contributed by atoms with Crippen LogP contribution in [0.5, 0.6) is 0 Å². The van der Waals surface area contributed by atoms with Gasteiger partial charge < -0.3 is 10.2 Å². The summed E-state index contributed by atoms with van der Waals surface area (Å²) in [5.41, 5.74) is 1.83. The number of anilines is 1. The number of hydrogen-bond donors (Lipinski definition) is 1. The first-order valence-electron chi connectivity index (χ1n) is 12.4. The summed E-state index contributed by atoms with van der Waals surface area (Å²) in [6, 6.07) is 11.8. The average molecular weight is 502 g/mol. The highest BCUT2D eigenvalue weighted by atomic mass is 35.5. The Morgan fingerprint density at radius 3 is 2.37 bits per heavy atom. The number of rotatable bonds is 14. The van der Waals surface area contributed by atoms with E-state index < -0.39 is 4.92 Å². The molecule has 7 nitrogen and oxygen atoms in total. The number of nitrogens with one attached hydrogen (secondary N) is 1. The summed E-state index contributed by atoms with van der Waals surface area (Å²) >= 11 is 5.88. The van der Waals surface area contributed by atoms with Gasteiger partial charge in [0.15, 0.2) is 0 Å². The second kappa shape index (κ2) is 14.5. The smallest absolute Gasteiger partial charge is 0.288 e. The quantitative estimate of drug-likeness (QED) is 0.171. The van der Waals surface area contributed by atoms with Gasteiger partial charge in [0.1, 0.15) is 5.02 Å². The van der Waals surface area contributed by atoms with Gasteiger partial charge >= 0.3 is 0 Å². The number of hydrogen-bond acceptors (Lipinski definition) is 4. The predicted molar refractivity (Wildman–Crippen MR) is 141 cm³/mol. The summed E-state index contributed by atoms with van der Waals surface area (Å²) in [7, 11) is 0. The molecule has 0 saturated heterocycles. The van der Waals surface area contributed by atoms with Crippen molar-refractivity contribution in [3.05, 3.63) is 68.7 Å². The maximum Gasteiger partial charge on any atom is 0.288 e. The van der Waals surface area contributed by atoms with E-state index in [1.54, 1.807) is 4.90 Å². The zero-order valence-electron chi connectivity index (χ0n) is 20.9. The van der Waals surface area contributed by atoms with Crippen molar-refractivity contribution in [1.29, 1.82) is 0 Å². The Kier molecular flexibility index (Phi) is 11.7. The Bertz CT molecular complexity index is 994. The van der Waals surface area contributed by atoms with E-state index >= 15 is 0 Å². The molecule has 1 N–H and O–H groups in total. The van der Waals surface area contributed by atoms with Gasteiger partial charge in [0.2, 0.25) is 5.91 Å². The van der Waals surface area contributed by atoms with E-state index in [-0.39, 0.29) is 47.1 Å². The first-order chi connectivity index (χ1) is 16.8. The molecule has 190 valence electrons. The number of aryl methyl sites for hydroxylation is 1. The first-order valence-corrected chi connectivity index (χ1v) is 12.8. The second-order valence-electron chi connectivity index (χ2n) is 8.84. The van der Waals surface area contributed by atoms with Crippen molar-refractivity contribution in [3.8, 4) is 0 Å². The molecule has 0 aliphatic carbocycles. The minimum absolute atomic E-state index is 0.0245. The van der Waals surface area contributed by atoms with Crippen LogP contribution in [-0.2, 0) is 11.2 Å². The minimum Gasteiger partial charge on any atom is -0.335 e. The van der Waals surface area contributed by atoms with E-state index in [0.29, 0.717) is 6.42 Å². The van der Waals surface area contributed by atoms with Crippen LogP contribution in [0.3, 0.4) is 0 Å². The molecule has 0 aliphatic rings. The molecular weight excluding hydrogens is 466 g/mol. The van der Waals surface area contributed by atoms with Crippen molar-refractivity contribution in [2.45, 2.75) is 78.2 Å². The van der Waals surface area contributed by atoms with Crippen molar-refractivity contribution < 1.29 is 14.5 Å². The number of amides is 2. The molecule has 0 radical (unpaired) electrons. The van der Waals surface area contributed by atoms with Gasteiger partial charge in [-0.15, -0.1) is 0 Å². The predicted octanol–water partition coefficient (Wildman–Crippen LogP) is 7.03. The highest BCUT2D eigenvalue weighted by Crippen LogP contribution is 2.26. The van der Waals surface area contributed by atoms with Gasteiger partial charge in [-0.2, -0.15) is 0 Å². The van der Waals surface area contributed by atoms with Crippen LogP contribution in [0.4, 0.5) is 11.4 Å². The third-order valence-corrected chi connectivity index (χ3v) is 6.48. The number of halogens is 1. The van der Waals surface area contributed by atoms with Crippen molar-refractivity contribution in [3.63, 3.8) is 0 Å². The van der Waals surface area contributed by atoms with E-state index in [1.165, 1.54) is 55.9 Å². The summed E-state index contributed by atoms with van der Waals surface area (Å²) in [4.78, 5) is 37.9. The van der Waals surface area contributed by atoms with Crippen LogP contribution in [-0.4, -0.2) is 34.2 Å². The Morgan fingerprint density at radius 1 is 1.06 bits per heavy atom. The number of nitrogens with zero attached hydrogens (tertiary/aromatic N) is 2. The van der Waals surface area contributed by atoms with Crippen LogP contribution in [0.25, 0.3) is 0 Å². The fourth-order valence-corrected chi connectivity index (χ4v) is 4.01. The molecule has 35 heavy (non-hydrogen) atoms. The number of nitro benzene ring substituents is 1. The zero-order chi connectivity index (χ0) is 25.8. The normalized spacial score (nSPS) is 11.7. The monoisotopic (exact) mass is 501 g/mol. The fourth-order valence-electron chi connectivity index (χ4n) is 3.83. The van der Waals surface area contributed by atoms with Crippen molar-refractivity contribution in [2.75, 3.05) is 11.9 Å². The molecule has 8 heteroatoms. The summed E-state index contributed by atoms with van der Waals surface area (Å²) in [6.45, 7) is 6.24. The molecule has 0 aromatic heterocycles. The van der Waals surface area contributed by atoms with Crippen LogP contribution in [0.2, 0.25) is 5.02 Å². The molecule has 2 amide bonds. The molecule has 2 aromatic carbocycles. The largest absolute Gasteiger partial charge is 0.335 e. The van der Waals surface area contributed by atoms with E-state index in [4.69, 9.17) is 11.6 Å². The zero-order valence-corrected chi connectivity index (χ0v) is 21.6. The van der Waals surface area contributed by atoms with E-state index in [9.17, 15) is 19.7 Å². The van der Waals surface area contributed by atoms with Crippen LogP contribution in [0, 0.1) is 10.1 Å². The molecule has 1 atom stereocenters. The van der Waals surface area contributed by atoms with Gasteiger partial charge in [-0.05, 0) is 56.0 Å². The highest BCUT2D eigenvalue weighted by molar-refractivity contribution is 6.32. The standard InChI is InChI=1S/C27H36ClN3O4/c1-4-6-7-8-9-10-21-11-14-23(15-12-21)29-26(32)17-18-30(20(3)5-2)27(33)22-13-16-24(28)25(19-22)31(34)35/h11-16,19-20H,4-10,17-18H2,1-3H3,(H,29,32). The van der Waals surface area contributed by atoms with Crippen molar-refractivity contribution in [1.82, 2.24) is 4.90 Å². The molecular formula is C27H36ClN3O4. The van der Waals surface area contributed by atoms with Gasteiger partial charge in [-0.25, -0.2) is 0 Å². The molecule has 0 bridgehead atoms. The maximum atomic E-state index is 13.1. The third kappa shape index (κ3) is 8.98. The molecule has 0 saturated carbocycles. The highest BCUT2D eigenvalue weighted by Gasteiger charge is 2.24. The van der Waals surface area contributed by atoms with Gasteiger partial charge in [0, 0.05) is 36.3 Å². The summed E-state index contributed by atoms with van der Waals surface area (Å²) < 4.78 is 0. The first kappa shape index (κ1) is 28.3. The van der Waals surface area contributed by atoms with Crippen LogP contribution in [0.15, 0.2) is 42.5 Å². The molecule has 2 aromatic rings. The summed E-state index contributed by atoms with van der Waals surface area (Å²) in [6.07, 6.45) is 8.03. The number of nitro groups is 1. The van der Waals surface area contributed by atoms with Gasteiger partial charge in [-0.3, -0.25) is 19.7 Å². The van der Waals surface area contributed by atoms with Crippen molar-refractivity contribution >= 4 is 34.8 Å². The number of carbonyl (C=O) groups excluding carboxylic acids is 2. The van der Waals surface area contributed by atoms with Crippen molar-refractivity contribution in [2.24, 2.45) is 0 Å². The van der Waals surface area contributed by atoms with E-state index in [2.05, 4.69) is 12.2 Å². The molecule has 0 aliphatic heterocycles. The Balaban J connectivity index is 1.95. The number of benzene rings is 2. The lowest BCUT2D eigenvalue weighted by atomic mass is 10.1. The second-order valence-corrected chi connectivity index (χ2v) is 9.25. The minimum atomic E-state index is -0.613. The molecule has 0 fully saturated rings. The number of carbonyl (C=O) groups is 2. The van der Waals surface area contributed by atoms with Crippen LogP contribution >= 0.6 is 11.6 Å². The van der Waals surface area contributed by atoms with Gasteiger partial charge in [-0.1, -0.05) is 63.3 Å². The summed E-state index contributed by atoms with van der Waals surface area (Å²) in [5, 5.41) is 14.1. The molecule has 1 unspecified atom stereocenters.